The number of carbonyl (C=O) groups excluding carboxylic acids is 2. The maximum absolute atomic E-state index is 14.4. The lowest BCUT2D eigenvalue weighted by Gasteiger charge is -2.62. The molecule has 1 unspecified atom stereocenters. The van der Waals surface area contributed by atoms with E-state index in [4.69, 9.17) is 9.57 Å². The molecule has 0 aromatic heterocycles. The Morgan fingerprint density at radius 1 is 1.05 bits per heavy atom. The van der Waals surface area contributed by atoms with Gasteiger partial charge in [-0.05, 0) is 92.8 Å². The number of likely N-dealkylation sites (N-methyl/N-ethyl adjacent to an activating group) is 2. The maximum atomic E-state index is 14.4. The van der Waals surface area contributed by atoms with Crippen LogP contribution in [0.5, 0.6) is 5.75 Å². The second-order valence-corrected chi connectivity index (χ2v) is 20.6. The van der Waals surface area contributed by atoms with Gasteiger partial charge in [0.15, 0.2) is 0 Å². The van der Waals surface area contributed by atoms with Crippen LogP contribution in [-0.2, 0) is 32.6 Å². The number of amides is 2. The Morgan fingerprint density at radius 2 is 1.75 bits per heavy atom. The summed E-state index contributed by atoms with van der Waals surface area (Å²) in [4.78, 5) is 38.4. The van der Waals surface area contributed by atoms with Gasteiger partial charge in [-0.15, -0.1) is 0 Å². The largest absolute Gasteiger partial charge is 0.511 e. The number of nitrogens with one attached hydrogen (secondary N) is 3. The molecule has 3 aromatic rings. The van der Waals surface area contributed by atoms with Crippen molar-refractivity contribution in [1.29, 1.82) is 0 Å². The molecule has 1 heterocycles. The highest BCUT2D eigenvalue weighted by Crippen LogP contribution is 2.61. The van der Waals surface area contributed by atoms with E-state index >= 15 is 0 Å². The summed E-state index contributed by atoms with van der Waals surface area (Å²) in [5.74, 6) is 0.123. The summed E-state index contributed by atoms with van der Waals surface area (Å²) in [5, 5.41) is 29.4. The fourth-order valence-electron chi connectivity index (χ4n) is 10.3. The SMILES string of the molecule is COc1c(CN2O[C@@H](CO)[C@@H]([C@H](C)O)[C@H]2C(=O)NC2C[C@@H]3C[C@H]([C@@H]2C)C3(C)C)cccc1-c1cc(C(=O)N[C@@H](Cc2ccccc2)CN(C)C)cc(N(C)CCNS(=O)(=O)C(F)(F)F)c1. The third-order valence-electron chi connectivity index (χ3n) is 13.9. The highest BCUT2D eigenvalue weighted by molar-refractivity contribution is 7.90. The first-order valence-corrected chi connectivity index (χ1v) is 23.6. The molecule has 3 aromatic carbocycles. The summed E-state index contributed by atoms with van der Waals surface area (Å²) in [7, 11) is 1.27. The molecule has 2 bridgehead atoms. The number of fused-ring (bicyclic) bond motifs is 2. The lowest BCUT2D eigenvalue weighted by atomic mass is 9.45. The number of hydrogen-bond donors (Lipinski definition) is 5. The van der Waals surface area contributed by atoms with Crippen molar-refractivity contribution in [3.8, 4) is 16.9 Å². The number of benzene rings is 3. The molecule has 7 rings (SSSR count). The number of carbonyl (C=O) groups is 2. The van der Waals surface area contributed by atoms with Crippen LogP contribution in [0.1, 0.15) is 62.0 Å². The van der Waals surface area contributed by atoms with Gasteiger partial charge in [0, 0.05) is 67.1 Å². The molecular weight excluding hydrogens is 866 g/mol. The molecule has 358 valence electrons. The van der Waals surface area contributed by atoms with Crippen molar-refractivity contribution in [1.82, 2.24) is 25.3 Å². The van der Waals surface area contributed by atoms with Crippen molar-refractivity contribution in [2.24, 2.45) is 29.1 Å². The van der Waals surface area contributed by atoms with Gasteiger partial charge in [0.05, 0.1) is 26.4 Å². The topological polar surface area (TPSA) is 173 Å². The normalized spacial score (nSPS) is 25.1. The van der Waals surface area contributed by atoms with Gasteiger partial charge in [0.1, 0.15) is 17.9 Å². The van der Waals surface area contributed by atoms with Crippen molar-refractivity contribution in [2.75, 3.05) is 59.4 Å². The van der Waals surface area contributed by atoms with Gasteiger partial charge >= 0.3 is 15.5 Å². The standard InChI is InChI=1S/C47H65F3N6O8S/c1-28-38-23-34(46(38,3)4)24-39(28)53-45(60)42-41(29(2)58)40(27-57)64-56(42)25-31-15-12-16-37(43(31)63-8)32-20-33(22-36(21-32)55(7)18-17-51-65(61,62)47(48,49)50)44(59)52-35(26-54(5)6)19-30-13-10-9-11-14-30/h9-16,20-22,28-29,34-35,38-42,51,57-58H,17-19,23-27H2,1-8H3,(H,52,59)(H,53,60)/t28-,29-,34-,35-,38+,39?,40-,41+,42-/m0/s1. The number of aliphatic hydroxyl groups excluding tert-OH is 2. The fourth-order valence-corrected chi connectivity index (χ4v) is 10.8. The van der Waals surface area contributed by atoms with Gasteiger partial charge in [-0.25, -0.2) is 13.1 Å². The molecule has 65 heavy (non-hydrogen) atoms. The van der Waals surface area contributed by atoms with E-state index in [-0.39, 0.29) is 48.0 Å². The van der Waals surface area contributed by atoms with Gasteiger partial charge in [-0.3, -0.25) is 14.4 Å². The minimum Gasteiger partial charge on any atom is -0.496 e. The summed E-state index contributed by atoms with van der Waals surface area (Å²) in [6.45, 7) is 7.67. The first kappa shape index (κ1) is 50.1. The first-order valence-electron chi connectivity index (χ1n) is 22.2. The van der Waals surface area contributed by atoms with Crippen LogP contribution in [0.15, 0.2) is 66.7 Å². The summed E-state index contributed by atoms with van der Waals surface area (Å²) in [5.41, 5.74) is -2.00. The van der Waals surface area contributed by atoms with E-state index in [9.17, 15) is 41.4 Å². The average molecular weight is 931 g/mol. The van der Waals surface area contributed by atoms with E-state index in [2.05, 4.69) is 31.4 Å². The lowest BCUT2D eigenvalue weighted by Crippen LogP contribution is -2.62. The van der Waals surface area contributed by atoms with Gasteiger partial charge in [0.2, 0.25) is 5.91 Å². The van der Waals surface area contributed by atoms with Crippen LogP contribution in [0.3, 0.4) is 0 Å². The van der Waals surface area contributed by atoms with Crippen LogP contribution < -0.4 is 25.0 Å². The number of hydrogen-bond acceptors (Lipinski definition) is 11. The van der Waals surface area contributed by atoms with Crippen molar-refractivity contribution in [3.63, 3.8) is 0 Å². The molecule has 2 amide bonds. The number of hydroxylamine groups is 2. The summed E-state index contributed by atoms with van der Waals surface area (Å²) in [6, 6.07) is 18.7. The second kappa shape index (κ2) is 20.3. The zero-order valence-electron chi connectivity index (χ0n) is 38.4. The van der Waals surface area contributed by atoms with Gasteiger partial charge in [-0.2, -0.15) is 18.2 Å². The Hall–Kier alpha value is -4.30. The Labute approximate surface area is 380 Å². The van der Waals surface area contributed by atoms with Crippen LogP contribution in [0.25, 0.3) is 11.1 Å². The molecule has 0 radical (unpaired) electrons. The van der Waals surface area contributed by atoms with Crippen LogP contribution in [0, 0.1) is 29.1 Å². The molecule has 18 heteroatoms. The monoisotopic (exact) mass is 930 g/mol. The quantitative estimate of drug-likeness (QED) is 0.112. The fraction of sp³-hybridized carbons (Fsp3) is 0.574. The van der Waals surface area contributed by atoms with E-state index in [0.29, 0.717) is 52.9 Å². The second-order valence-electron chi connectivity index (χ2n) is 18.9. The van der Waals surface area contributed by atoms with Crippen LogP contribution in [-0.4, -0.2) is 131 Å². The Balaban J connectivity index is 1.33. The Bertz CT molecular complexity index is 2250. The van der Waals surface area contributed by atoms with Crippen LogP contribution in [0.4, 0.5) is 18.9 Å². The molecule has 4 aliphatic rings. The lowest BCUT2D eigenvalue weighted by molar-refractivity contribution is -0.183. The number of halogens is 3. The zero-order chi connectivity index (χ0) is 47.6. The van der Waals surface area contributed by atoms with Crippen LogP contribution >= 0.6 is 0 Å². The van der Waals surface area contributed by atoms with Crippen molar-refractivity contribution in [3.05, 3.63) is 83.4 Å². The number of methoxy groups -OCH3 is 1. The molecule has 1 saturated heterocycles. The number of anilines is 1. The van der Waals surface area contributed by atoms with Crippen molar-refractivity contribution >= 4 is 27.5 Å². The van der Waals surface area contributed by atoms with E-state index in [0.717, 1.165) is 18.4 Å². The molecule has 4 fully saturated rings. The number of nitrogens with zero attached hydrogens (tertiary/aromatic N) is 3. The molecule has 3 aliphatic carbocycles. The molecule has 5 N–H and O–H groups in total. The predicted molar refractivity (Wildman–Crippen MR) is 242 cm³/mol. The summed E-state index contributed by atoms with van der Waals surface area (Å²) >= 11 is 0. The number of aliphatic hydroxyl groups is 2. The molecule has 9 atom stereocenters. The molecule has 1 aliphatic heterocycles. The summed E-state index contributed by atoms with van der Waals surface area (Å²) < 4.78 is 70.6. The minimum atomic E-state index is -5.59. The average Bonchev–Trinajstić information content (AvgIpc) is 3.62. The van der Waals surface area contributed by atoms with E-state index < -0.39 is 58.8 Å². The Kier molecular flexibility index (Phi) is 15.6. The molecular formula is C47H65F3N6O8S. The molecule has 14 nitrogen and oxygen atoms in total. The highest BCUT2D eigenvalue weighted by atomic mass is 32.2. The third kappa shape index (κ3) is 11.1. The van der Waals surface area contributed by atoms with E-state index in [1.54, 1.807) is 60.0 Å². The minimum absolute atomic E-state index is 0.00527. The Morgan fingerprint density at radius 3 is 2.35 bits per heavy atom. The maximum Gasteiger partial charge on any atom is 0.511 e. The third-order valence-corrected chi connectivity index (χ3v) is 15.1. The van der Waals surface area contributed by atoms with Crippen molar-refractivity contribution in [2.45, 2.75) is 89.3 Å². The van der Waals surface area contributed by atoms with E-state index in [1.165, 1.54) is 12.2 Å². The first-order chi connectivity index (χ1) is 30.6. The summed E-state index contributed by atoms with van der Waals surface area (Å²) in [6.07, 6.45) is 0.649. The van der Waals surface area contributed by atoms with Gasteiger partial charge in [-0.1, -0.05) is 69.3 Å². The number of ether oxygens (including phenoxy) is 1. The van der Waals surface area contributed by atoms with Crippen LogP contribution in [0.2, 0.25) is 0 Å². The number of rotatable bonds is 19. The highest BCUT2D eigenvalue weighted by Gasteiger charge is 2.57. The predicted octanol–water partition coefficient (Wildman–Crippen LogP) is 4.80. The zero-order valence-corrected chi connectivity index (χ0v) is 39.2. The van der Waals surface area contributed by atoms with Gasteiger partial charge in [0.25, 0.3) is 5.91 Å². The number of sulfonamides is 1. The molecule has 0 spiro atoms. The van der Waals surface area contributed by atoms with Crippen molar-refractivity contribution < 1.29 is 51.0 Å². The number of para-hydroxylation sites is 1. The molecule has 3 saturated carbocycles. The van der Waals surface area contributed by atoms with E-state index in [1.807, 2.05) is 49.3 Å². The van der Waals surface area contributed by atoms with Gasteiger partial charge < -0.3 is 35.4 Å². The smallest absolute Gasteiger partial charge is 0.496 e. The number of alkyl halides is 3.